The Bertz CT molecular complexity index is 422. The fourth-order valence-electron chi connectivity index (χ4n) is 1.78. The molecule has 0 aliphatic rings. The normalized spacial score (nSPS) is 14.6. The summed E-state index contributed by atoms with van der Waals surface area (Å²) in [6.07, 6.45) is 5.25. The molecule has 1 rings (SSSR count). The van der Waals surface area contributed by atoms with Crippen LogP contribution in [0, 0.1) is 6.92 Å². The predicted molar refractivity (Wildman–Crippen MR) is 77.3 cm³/mol. The first-order chi connectivity index (χ1) is 8.94. The molecule has 1 atom stereocenters. The summed E-state index contributed by atoms with van der Waals surface area (Å²) in [6.45, 7) is 4.84. The molecule has 0 aliphatic heterocycles. The van der Waals surface area contributed by atoms with Gasteiger partial charge in [-0.15, -0.1) is 23.2 Å². The Hall–Kier alpha value is -0.780. The number of primary amides is 1. The summed E-state index contributed by atoms with van der Waals surface area (Å²) in [5.74, 6) is -0.563. The van der Waals surface area contributed by atoms with E-state index in [4.69, 9.17) is 28.9 Å². The van der Waals surface area contributed by atoms with Crippen molar-refractivity contribution in [3.63, 3.8) is 0 Å². The minimum Gasteiger partial charge on any atom is -0.368 e. The van der Waals surface area contributed by atoms with Crippen molar-refractivity contribution in [2.24, 2.45) is 5.73 Å². The molecule has 1 amide bonds. The lowest BCUT2D eigenvalue weighted by molar-refractivity contribution is -0.124. The topological polar surface area (TPSA) is 72.9 Å². The summed E-state index contributed by atoms with van der Waals surface area (Å²) in [4.78, 5) is 14.9. The highest BCUT2D eigenvalue weighted by Gasteiger charge is 2.43. The molecular weight excluding hydrogens is 287 g/mol. The molecule has 1 heterocycles. The first kappa shape index (κ1) is 16.3. The number of amides is 1. The van der Waals surface area contributed by atoms with Gasteiger partial charge in [0.25, 0.3) is 0 Å². The zero-order valence-corrected chi connectivity index (χ0v) is 12.7. The van der Waals surface area contributed by atoms with Gasteiger partial charge in [-0.1, -0.05) is 13.3 Å². The number of nitrogens with two attached hydrogens (primary N) is 1. The van der Waals surface area contributed by atoms with Crippen LogP contribution in [0.15, 0.2) is 12.5 Å². The Balaban J connectivity index is 2.96. The second-order valence-corrected chi connectivity index (χ2v) is 5.68. The van der Waals surface area contributed by atoms with E-state index in [2.05, 4.69) is 17.2 Å². The Morgan fingerprint density at radius 2 is 2.32 bits per heavy atom. The summed E-state index contributed by atoms with van der Waals surface area (Å²) in [7, 11) is 0. The highest BCUT2D eigenvalue weighted by Crippen LogP contribution is 2.23. The molecule has 0 saturated carbocycles. The van der Waals surface area contributed by atoms with Crippen LogP contribution in [0.4, 0.5) is 0 Å². The number of hydrogen-bond acceptors (Lipinski definition) is 3. The van der Waals surface area contributed by atoms with Crippen molar-refractivity contribution in [2.45, 2.75) is 43.6 Å². The summed E-state index contributed by atoms with van der Waals surface area (Å²) in [6, 6.07) is 0. The number of nitrogens with zero attached hydrogens (tertiary/aromatic N) is 2. The maximum absolute atomic E-state index is 11.9. The van der Waals surface area contributed by atoms with Crippen LogP contribution in [-0.2, 0) is 11.3 Å². The molecule has 3 N–H and O–H groups in total. The number of rotatable bonds is 8. The quantitative estimate of drug-likeness (QED) is 0.566. The number of carbonyl (C=O) groups excluding carboxylic acids is 1. The van der Waals surface area contributed by atoms with E-state index >= 15 is 0 Å². The predicted octanol–water partition coefficient (Wildman–Crippen LogP) is 1.61. The third-order valence-corrected chi connectivity index (χ3v) is 3.87. The van der Waals surface area contributed by atoms with Crippen molar-refractivity contribution in [1.29, 1.82) is 0 Å². The van der Waals surface area contributed by atoms with Gasteiger partial charge in [-0.25, -0.2) is 4.98 Å². The van der Waals surface area contributed by atoms with Gasteiger partial charge in [0.2, 0.25) is 5.91 Å². The van der Waals surface area contributed by atoms with Crippen LogP contribution in [0.25, 0.3) is 0 Å². The van der Waals surface area contributed by atoms with E-state index in [1.54, 1.807) is 12.5 Å². The molecule has 108 valence electrons. The minimum absolute atomic E-state index is 0.259. The number of imidazole rings is 1. The van der Waals surface area contributed by atoms with Gasteiger partial charge in [0.1, 0.15) is 10.4 Å². The lowest BCUT2D eigenvalue weighted by Crippen LogP contribution is -2.62. The fraction of sp³-hybridized carbons (Fsp3) is 0.667. The van der Waals surface area contributed by atoms with Gasteiger partial charge in [-0.2, -0.15) is 0 Å². The molecule has 7 heteroatoms. The molecule has 1 unspecified atom stereocenters. The Kier molecular flexibility index (Phi) is 6.10. The SMILES string of the molecule is CCCCNC(Cn1cncc1C)(C(N)=O)C(Cl)Cl. The molecule has 1 aromatic rings. The lowest BCUT2D eigenvalue weighted by Gasteiger charge is -2.33. The van der Waals surface area contributed by atoms with Crippen molar-refractivity contribution in [1.82, 2.24) is 14.9 Å². The number of carbonyl (C=O) groups is 1. The van der Waals surface area contributed by atoms with E-state index in [1.165, 1.54) is 0 Å². The Morgan fingerprint density at radius 3 is 2.74 bits per heavy atom. The molecule has 0 spiro atoms. The molecule has 0 fully saturated rings. The summed E-state index contributed by atoms with van der Waals surface area (Å²) in [5.41, 5.74) is 5.24. The van der Waals surface area contributed by atoms with Crippen LogP contribution in [0.5, 0.6) is 0 Å². The number of nitrogens with one attached hydrogen (secondary N) is 1. The number of hydrogen-bond donors (Lipinski definition) is 2. The van der Waals surface area contributed by atoms with E-state index in [-0.39, 0.29) is 6.54 Å². The van der Waals surface area contributed by atoms with Crippen LogP contribution in [-0.4, -0.2) is 32.4 Å². The monoisotopic (exact) mass is 306 g/mol. The van der Waals surface area contributed by atoms with Crippen LogP contribution in [0.1, 0.15) is 25.5 Å². The van der Waals surface area contributed by atoms with Crippen molar-refractivity contribution >= 4 is 29.1 Å². The zero-order chi connectivity index (χ0) is 14.5. The third-order valence-electron chi connectivity index (χ3n) is 3.12. The molecule has 5 nitrogen and oxygen atoms in total. The smallest absolute Gasteiger partial charge is 0.242 e. The van der Waals surface area contributed by atoms with Crippen molar-refractivity contribution in [2.75, 3.05) is 6.54 Å². The molecule has 19 heavy (non-hydrogen) atoms. The van der Waals surface area contributed by atoms with E-state index in [0.717, 1.165) is 18.5 Å². The highest BCUT2D eigenvalue weighted by molar-refractivity contribution is 6.46. The van der Waals surface area contributed by atoms with Gasteiger partial charge in [0.15, 0.2) is 0 Å². The van der Waals surface area contributed by atoms with Gasteiger partial charge < -0.3 is 10.3 Å². The minimum atomic E-state index is -1.19. The van der Waals surface area contributed by atoms with E-state index < -0.39 is 16.3 Å². The van der Waals surface area contributed by atoms with Gasteiger partial charge >= 0.3 is 0 Å². The van der Waals surface area contributed by atoms with Crippen molar-refractivity contribution < 1.29 is 4.79 Å². The van der Waals surface area contributed by atoms with Gasteiger partial charge in [0.05, 0.1) is 12.9 Å². The van der Waals surface area contributed by atoms with Crippen LogP contribution in [0.3, 0.4) is 0 Å². The van der Waals surface area contributed by atoms with E-state index in [1.807, 2.05) is 11.5 Å². The lowest BCUT2D eigenvalue weighted by atomic mass is 10.00. The first-order valence-corrected chi connectivity index (χ1v) is 7.11. The number of alkyl halides is 2. The molecule has 0 saturated heterocycles. The highest BCUT2D eigenvalue weighted by atomic mass is 35.5. The Labute approximate surface area is 123 Å². The first-order valence-electron chi connectivity index (χ1n) is 6.24. The van der Waals surface area contributed by atoms with Gasteiger partial charge in [0, 0.05) is 11.9 Å². The molecule has 0 radical (unpaired) electrons. The van der Waals surface area contributed by atoms with Crippen molar-refractivity contribution in [3.05, 3.63) is 18.2 Å². The molecular formula is C12H20Cl2N4O. The third kappa shape index (κ3) is 3.84. The molecule has 0 aliphatic carbocycles. The number of unbranched alkanes of at least 4 members (excludes halogenated alkanes) is 1. The van der Waals surface area contributed by atoms with E-state index in [0.29, 0.717) is 6.54 Å². The summed E-state index contributed by atoms with van der Waals surface area (Å²) < 4.78 is 1.81. The van der Waals surface area contributed by atoms with Gasteiger partial charge in [-0.05, 0) is 19.9 Å². The molecule has 0 aromatic carbocycles. The van der Waals surface area contributed by atoms with Crippen molar-refractivity contribution in [3.8, 4) is 0 Å². The van der Waals surface area contributed by atoms with Gasteiger partial charge in [-0.3, -0.25) is 10.1 Å². The molecule has 0 bridgehead atoms. The average molecular weight is 307 g/mol. The zero-order valence-electron chi connectivity index (χ0n) is 11.2. The van der Waals surface area contributed by atoms with Crippen LogP contribution in [0.2, 0.25) is 0 Å². The van der Waals surface area contributed by atoms with Crippen LogP contribution < -0.4 is 11.1 Å². The fourth-order valence-corrected chi connectivity index (χ4v) is 2.29. The van der Waals surface area contributed by atoms with Crippen LogP contribution >= 0.6 is 23.2 Å². The molecule has 1 aromatic heterocycles. The number of halogens is 2. The Morgan fingerprint density at radius 1 is 1.63 bits per heavy atom. The largest absolute Gasteiger partial charge is 0.368 e. The summed E-state index contributed by atoms with van der Waals surface area (Å²) >= 11 is 12.0. The second-order valence-electron chi connectivity index (χ2n) is 4.58. The number of aryl methyl sites for hydroxylation is 1. The summed E-state index contributed by atoms with van der Waals surface area (Å²) in [5, 5.41) is 3.11. The maximum Gasteiger partial charge on any atom is 0.242 e. The van der Waals surface area contributed by atoms with E-state index in [9.17, 15) is 4.79 Å². The second kappa shape index (κ2) is 7.12. The standard InChI is InChI=1S/C12H20Cl2N4O/c1-3-4-5-17-12(10(13)14,11(15)19)7-18-8-16-6-9(18)2/h6,8,10,17H,3-5,7H2,1-2H3,(H2,15,19). The maximum atomic E-state index is 11.9. The average Bonchev–Trinajstić information content (AvgIpc) is 2.73. The number of aromatic nitrogens is 2.